The number of fused-ring (bicyclic) bond motifs is 2. The van der Waals surface area contributed by atoms with Crippen LogP contribution in [0.3, 0.4) is 0 Å². The van der Waals surface area contributed by atoms with Gasteiger partial charge < -0.3 is 29.7 Å². The maximum Gasteiger partial charge on any atom is 4.00 e. The molecule has 10 unspecified atom stereocenters. The molecule has 0 heterocycles. The zero-order valence-electron chi connectivity index (χ0n) is 25.1. The van der Waals surface area contributed by atoms with Gasteiger partial charge in [-0.1, -0.05) is 114 Å². The molecule has 0 aromatic heterocycles. The van der Waals surface area contributed by atoms with Gasteiger partial charge >= 0.3 is 26.2 Å². The molecule has 0 radical (unpaired) electrons. The van der Waals surface area contributed by atoms with E-state index < -0.39 is 16.6 Å². The van der Waals surface area contributed by atoms with E-state index in [2.05, 4.69) is 50.3 Å². The van der Waals surface area contributed by atoms with E-state index in [9.17, 15) is 0 Å². The van der Waals surface area contributed by atoms with Crippen molar-refractivity contribution >= 4 is 16.6 Å². The van der Waals surface area contributed by atoms with Gasteiger partial charge in [0.1, 0.15) is 0 Å². The second-order valence-corrected chi connectivity index (χ2v) is 23.9. The second kappa shape index (κ2) is 16.6. The second-order valence-electron chi connectivity index (χ2n) is 12.4. The van der Waals surface area contributed by atoms with E-state index in [1.54, 1.807) is 56.9 Å². The first-order chi connectivity index (χ1) is 15.2. The van der Waals surface area contributed by atoms with Crippen molar-refractivity contribution in [3.63, 3.8) is 0 Å². The van der Waals surface area contributed by atoms with Crippen molar-refractivity contribution in [3.05, 3.63) is 65.6 Å². The van der Waals surface area contributed by atoms with E-state index in [1.807, 2.05) is 0 Å². The number of unbranched alkanes of at least 4 members (excludes halogenated alkanes) is 1. The molecule has 0 spiro atoms. The first-order valence-electron chi connectivity index (χ1n) is 14.2. The summed E-state index contributed by atoms with van der Waals surface area (Å²) >= 11 is 0. The predicted molar refractivity (Wildman–Crippen MR) is 167 cm³/mol. The Labute approximate surface area is 250 Å². The topological polar surface area (TPSA) is 0 Å². The molecule has 3 heteroatoms. The summed E-state index contributed by atoms with van der Waals surface area (Å²) in [5.41, 5.74) is 4.13. The Bertz CT molecular complexity index is 709. The van der Waals surface area contributed by atoms with Crippen LogP contribution in [0, 0.1) is 59.3 Å². The first kappa shape index (κ1) is 36.5. The molecule has 1 aromatic carbocycles. The fourth-order valence-electron chi connectivity index (χ4n) is 9.41. The van der Waals surface area contributed by atoms with Gasteiger partial charge in [0.05, 0.1) is 0 Å². The van der Waals surface area contributed by atoms with Crippen LogP contribution >= 0.6 is 0 Å². The molecule has 4 aliphatic carbocycles. The van der Waals surface area contributed by atoms with Crippen LogP contribution in [-0.4, -0.2) is 16.6 Å². The van der Waals surface area contributed by atoms with Gasteiger partial charge in [0.15, 0.2) is 0 Å². The summed E-state index contributed by atoms with van der Waals surface area (Å²) < 4.78 is 0. The van der Waals surface area contributed by atoms with E-state index in [-0.39, 0.29) is 55.9 Å². The predicted octanol–water partition coefficient (Wildman–Crippen LogP) is 9.94. The summed E-state index contributed by atoms with van der Waals surface area (Å²) in [7, 11) is -1.10. The van der Waals surface area contributed by atoms with Crippen molar-refractivity contribution < 1.29 is 26.2 Å². The van der Waals surface area contributed by atoms with Crippen molar-refractivity contribution in [2.45, 2.75) is 114 Å². The molecule has 4 fully saturated rings. The Morgan fingerprint density at radius 2 is 1.47 bits per heavy atom. The van der Waals surface area contributed by atoms with Crippen molar-refractivity contribution in [1.82, 2.24) is 0 Å². The fourth-order valence-corrected chi connectivity index (χ4v) is 21.9. The Morgan fingerprint density at radius 1 is 0.750 bits per heavy atom. The average Bonchev–Trinajstić information content (AvgIpc) is 3.55. The molecular weight excluding hydrogens is 544 g/mol. The molecule has 1 aromatic rings. The SMILES string of the molecule is CCCCC1CCC([SiH](C)[SiH](C)C2CCC3C2CC2CCCC2C3c2ccccc2)C1.[CH3-].[CH3-].[CH3-].[CH3-].[Zr+4]. The minimum Gasteiger partial charge on any atom is -0.358 e. The Morgan fingerprint density at radius 3 is 2.17 bits per heavy atom. The number of benzene rings is 1. The van der Waals surface area contributed by atoms with Gasteiger partial charge in [0, 0.05) is 16.6 Å². The Hall–Kier alpha value is 0.537. The van der Waals surface area contributed by atoms with Gasteiger partial charge in [-0.05, 0) is 65.9 Å². The minimum atomic E-state index is -0.571. The monoisotopic (exact) mass is 602 g/mol. The third-order valence-electron chi connectivity index (χ3n) is 11.1. The molecule has 36 heavy (non-hydrogen) atoms. The van der Waals surface area contributed by atoms with E-state index in [0.717, 1.165) is 35.5 Å². The summed E-state index contributed by atoms with van der Waals surface area (Å²) in [6, 6.07) is 11.8. The Balaban J connectivity index is 0.00000245. The van der Waals surface area contributed by atoms with Crippen molar-refractivity contribution in [2.75, 3.05) is 0 Å². The third kappa shape index (κ3) is 7.38. The van der Waals surface area contributed by atoms with Crippen molar-refractivity contribution in [1.29, 1.82) is 0 Å². The molecule has 10 atom stereocenters. The molecular formula is C33H60Si2Zr. The molecule has 0 nitrogen and oxygen atoms in total. The molecule has 0 saturated heterocycles. The summed E-state index contributed by atoms with van der Waals surface area (Å²) in [6.45, 7) is 8.10. The summed E-state index contributed by atoms with van der Waals surface area (Å²) in [6.07, 6.45) is 18.7. The van der Waals surface area contributed by atoms with Crippen molar-refractivity contribution in [2.24, 2.45) is 29.6 Å². The fraction of sp³-hybridized carbons (Fsp3) is 0.697. The van der Waals surface area contributed by atoms with Gasteiger partial charge in [0.2, 0.25) is 0 Å². The smallest absolute Gasteiger partial charge is 0.358 e. The molecule has 0 aliphatic heterocycles. The largest absolute Gasteiger partial charge is 4.00 e. The van der Waals surface area contributed by atoms with Crippen LogP contribution < -0.4 is 0 Å². The van der Waals surface area contributed by atoms with Crippen LogP contribution in [-0.2, 0) is 26.2 Å². The maximum absolute atomic E-state index is 2.88. The minimum absolute atomic E-state index is 0. The third-order valence-corrected chi connectivity index (χ3v) is 25.2. The van der Waals surface area contributed by atoms with E-state index in [4.69, 9.17) is 0 Å². The number of rotatable bonds is 7. The first-order valence-corrected chi connectivity index (χ1v) is 20.5. The average molecular weight is 604 g/mol. The van der Waals surface area contributed by atoms with Gasteiger partial charge in [-0.15, -0.1) is 0 Å². The molecule has 4 saturated carbocycles. The summed E-state index contributed by atoms with van der Waals surface area (Å²) in [4.78, 5) is 0. The Kier molecular flexibility index (Phi) is 16.8. The van der Waals surface area contributed by atoms with Crippen LogP contribution in [0.5, 0.6) is 0 Å². The normalized spacial score (nSPS) is 35.9. The summed E-state index contributed by atoms with van der Waals surface area (Å²) in [5, 5.41) is 0. The number of hydrogen-bond donors (Lipinski definition) is 0. The van der Waals surface area contributed by atoms with Crippen LogP contribution in [0.1, 0.15) is 95.5 Å². The quantitative estimate of drug-likeness (QED) is 0.215. The van der Waals surface area contributed by atoms with Gasteiger partial charge in [-0.2, -0.15) is 0 Å². The zero-order valence-corrected chi connectivity index (χ0v) is 29.9. The van der Waals surface area contributed by atoms with Gasteiger partial charge in [0.25, 0.3) is 0 Å². The van der Waals surface area contributed by atoms with Crippen LogP contribution in [0.4, 0.5) is 0 Å². The molecule has 0 amide bonds. The van der Waals surface area contributed by atoms with Gasteiger partial charge in [-0.3, -0.25) is 0 Å². The van der Waals surface area contributed by atoms with E-state index >= 15 is 0 Å². The van der Waals surface area contributed by atoms with Crippen molar-refractivity contribution in [3.8, 4) is 0 Å². The molecule has 4 aliphatic rings. The van der Waals surface area contributed by atoms with E-state index in [1.165, 1.54) is 36.8 Å². The molecule has 5 rings (SSSR count). The number of hydrogen-bond acceptors (Lipinski definition) is 0. The molecule has 0 N–H and O–H groups in total. The standard InChI is InChI=1S/C29H48Si2.4CH3.Zr/c1-4-5-10-21-15-16-24(19-21)30(2)31(3)28-18-17-26-27(28)20-23-13-9-14-25(23)29(26)22-11-7-6-8-12-22;;;;;/h6-8,11-12,21,23-31H,4-5,9-10,13-20H2,1-3H3;4*1H3;/q;4*-1;+4. The summed E-state index contributed by atoms with van der Waals surface area (Å²) in [5.74, 6) is 6.23. The molecule has 204 valence electrons. The van der Waals surface area contributed by atoms with Gasteiger partial charge in [-0.25, -0.2) is 0 Å². The molecule has 0 bridgehead atoms. The van der Waals surface area contributed by atoms with Crippen LogP contribution in [0.15, 0.2) is 30.3 Å². The maximum atomic E-state index is 2.88. The zero-order chi connectivity index (χ0) is 21.4. The van der Waals surface area contributed by atoms with Crippen LogP contribution in [0.25, 0.3) is 0 Å². The van der Waals surface area contributed by atoms with Crippen LogP contribution in [0.2, 0.25) is 24.2 Å². The van der Waals surface area contributed by atoms with E-state index in [0.29, 0.717) is 0 Å².